The zero-order valence-electron chi connectivity index (χ0n) is 8.23. The van der Waals surface area contributed by atoms with Gasteiger partial charge in [-0.05, 0) is 0 Å². The third-order valence-electron chi connectivity index (χ3n) is 2.25. The number of nitriles is 1. The molecule has 1 saturated heterocycles. The molecule has 1 fully saturated rings. The van der Waals surface area contributed by atoms with Crippen LogP contribution in [0.5, 0.6) is 0 Å². The Bertz CT molecular complexity index is 434. The first kappa shape index (κ1) is 11.4. The summed E-state index contributed by atoms with van der Waals surface area (Å²) in [5.41, 5.74) is 0.685. The summed E-state index contributed by atoms with van der Waals surface area (Å²) in [6.45, 7) is 1.59. The Morgan fingerprint density at radius 2 is 2.31 bits per heavy atom. The number of aromatic nitrogens is 2. The highest BCUT2D eigenvalue weighted by Crippen LogP contribution is 2.26. The van der Waals surface area contributed by atoms with Gasteiger partial charge in [-0.15, -0.1) is 10.2 Å². The Hall–Kier alpha value is -1.09. The van der Waals surface area contributed by atoms with E-state index in [1.807, 2.05) is 4.90 Å². The van der Waals surface area contributed by atoms with E-state index >= 15 is 0 Å². The lowest BCUT2D eigenvalue weighted by molar-refractivity contribution is 0.0764. The van der Waals surface area contributed by atoms with Crippen LogP contribution < -0.4 is 4.90 Å². The zero-order valence-corrected chi connectivity index (χ0v) is 9.74. The lowest BCUT2D eigenvalue weighted by atomic mass is 10.2. The number of hydrogen-bond acceptors (Lipinski definition) is 5. The van der Waals surface area contributed by atoms with Crippen molar-refractivity contribution in [2.75, 3.05) is 24.6 Å². The van der Waals surface area contributed by atoms with Gasteiger partial charge in [0.1, 0.15) is 0 Å². The minimum absolute atomic E-state index is 0.277. The summed E-state index contributed by atoms with van der Waals surface area (Å²) in [6.07, 6.45) is -0.447. The van der Waals surface area contributed by atoms with Gasteiger partial charge >= 0.3 is 0 Å². The molecule has 2 rings (SSSR count). The van der Waals surface area contributed by atoms with Crippen LogP contribution in [0.4, 0.5) is 5.69 Å². The summed E-state index contributed by atoms with van der Waals surface area (Å²) in [7, 11) is 0. The predicted octanol–water partition coefficient (Wildman–Crippen LogP) is 1.51. The van der Waals surface area contributed by atoms with Crippen LogP contribution in [0.3, 0.4) is 0 Å². The van der Waals surface area contributed by atoms with Crippen LogP contribution in [0.15, 0.2) is 6.07 Å². The van der Waals surface area contributed by atoms with Gasteiger partial charge in [0.15, 0.2) is 16.4 Å². The SMILES string of the molecule is N#CC1CN(c2cc(Cl)nnc2Cl)CCO1. The van der Waals surface area contributed by atoms with Gasteiger partial charge in [-0.2, -0.15) is 5.26 Å². The van der Waals surface area contributed by atoms with Crippen molar-refractivity contribution in [3.63, 3.8) is 0 Å². The molecule has 1 aliphatic heterocycles. The number of anilines is 1. The third kappa shape index (κ3) is 2.35. The van der Waals surface area contributed by atoms with E-state index in [1.54, 1.807) is 6.07 Å². The van der Waals surface area contributed by atoms with Crippen molar-refractivity contribution in [3.05, 3.63) is 16.4 Å². The molecule has 0 radical (unpaired) electrons. The summed E-state index contributed by atoms with van der Waals surface area (Å²) >= 11 is 11.7. The maximum Gasteiger partial charge on any atom is 0.175 e. The monoisotopic (exact) mass is 258 g/mol. The number of rotatable bonds is 1. The van der Waals surface area contributed by atoms with E-state index in [4.69, 9.17) is 33.2 Å². The second kappa shape index (κ2) is 4.83. The fourth-order valence-electron chi connectivity index (χ4n) is 1.51. The van der Waals surface area contributed by atoms with Crippen LogP contribution in [0.25, 0.3) is 0 Å². The molecule has 0 aromatic carbocycles. The molecule has 5 nitrogen and oxygen atoms in total. The Labute approximate surface area is 103 Å². The molecule has 1 unspecified atom stereocenters. The normalized spacial score (nSPS) is 20.6. The average Bonchev–Trinajstić information content (AvgIpc) is 2.32. The molecule has 0 spiro atoms. The molecule has 1 atom stereocenters. The second-order valence-electron chi connectivity index (χ2n) is 3.28. The molecule has 0 aliphatic carbocycles. The summed E-state index contributed by atoms with van der Waals surface area (Å²) in [6, 6.07) is 3.70. The Kier molecular flexibility index (Phi) is 3.44. The van der Waals surface area contributed by atoms with Crippen molar-refractivity contribution >= 4 is 28.9 Å². The van der Waals surface area contributed by atoms with Crippen LogP contribution >= 0.6 is 23.2 Å². The second-order valence-corrected chi connectivity index (χ2v) is 4.02. The molecular formula is C9H8Cl2N4O. The molecule has 0 amide bonds. The maximum atomic E-state index is 8.79. The predicted molar refractivity (Wildman–Crippen MR) is 59.6 cm³/mol. The largest absolute Gasteiger partial charge is 0.363 e. The molecule has 0 N–H and O–H groups in total. The van der Waals surface area contributed by atoms with Gasteiger partial charge in [0, 0.05) is 12.6 Å². The van der Waals surface area contributed by atoms with Crippen LogP contribution in [0.2, 0.25) is 10.3 Å². The first-order valence-electron chi connectivity index (χ1n) is 4.65. The van der Waals surface area contributed by atoms with Crippen LogP contribution in [-0.4, -0.2) is 36.0 Å². The lowest BCUT2D eigenvalue weighted by Gasteiger charge is -2.31. The quantitative estimate of drug-likeness (QED) is 0.765. The van der Waals surface area contributed by atoms with E-state index in [2.05, 4.69) is 16.3 Å². The van der Waals surface area contributed by atoms with Crippen LogP contribution in [0, 0.1) is 11.3 Å². The van der Waals surface area contributed by atoms with Gasteiger partial charge in [0.2, 0.25) is 0 Å². The maximum absolute atomic E-state index is 8.79. The Morgan fingerprint density at radius 1 is 1.50 bits per heavy atom. The summed E-state index contributed by atoms with van der Waals surface area (Å²) in [5.74, 6) is 0. The summed E-state index contributed by atoms with van der Waals surface area (Å²) in [4.78, 5) is 1.92. The molecular weight excluding hydrogens is 251 g/mol. The van der Waals surface area contributed by atoms with Crippen molar-refractivity contribution in [2.24, 2.45) is 0 Å². The van der Waals surface area contributed by atoms with Crippen molar-refractivity contribution < 1.29 is 4.74 Å². The number of hydrogen-bond donors (Lipinski definition) is 0. The molecule has 2 heterocycles. The fraction of sp³-hybridized carbons (Fsp3) is 0.444. The summed E-state index contributed by atoms with van der Waals surface area (Å²) in [5, 5.41) is 16.7. The van der Waals surface area contributed by atoms with E-state index in [0.29, 0.717) is 25.4 Å². The highest BCUT2D eigenvalue weighted by atomic mass is 35.5. The number of nitrogens with zero attached hydrogens (tertiary/aromatic N) is 4. The van der Waals surface area contributed by atoms with Gasteiger partial charge in [-0.3, -0.25) is 0 Å². The molecule has 0 saturated carbocycles. The minimum atomic E-state index is -0.447. The smallest absolute Gasteiger partial charge is 0.175 e. The average molecular weight is 259 g/mol. The van der Waals surface area contributed by atoms with Gasteiger partial charge < -0.3 is 9.64 Å². The first-order chi connectivity index (χ1) is 7.70. The fourth-order valence-corrected chi connectivity index (χ4v) is 1.87. The highest BCUT2D eigenvalue weighted by molar-refractivity contribution is 6.33. The lowest BCUT2D eigenvalue weighted by Crippen LogP contribution is -2.42. The van der Waals surface area contributed by atoms with Gasteiger partial charge in [-0.1, -0.05) is 23.2 Å². The summed E-state index contributed by atoms with van der Waals surface area (Å²) < 4.78 is 5.23. The van der Waals surface area contributed by atoms with Crippen LogP contribution in [-0.2, 0) is 4.74 Å². The number of ether oxygens (including phenoxy) is 1. The molecule has 1 aromatic rings. The van der Waals surface area contributed by atoms with Gasteiger partial charge in [0.25, 0.3) is 0 Å². The van der Waals surface area contributed by atoms with Crippen molar-refractivity contribution in [3.8, 4) is 6.07 Å². The number of morpholine rings is 1. The topological polar surface area (TPSA) is 62.0 Å². The standard InChI is InChI=1S/C9H8Cl2N4O/c10-8-3-7(9(11)14-13-8)15-1-2-16-6(4-12)5-15/h3,6H,1-2,5H2. The van der Waals surface area contributed by atoms with Crippen LogP contribution in [0.1, 0.15) is 0 Å². The molecule has 84 valence electrons. The Morgan fingerprint density at radius 3 is 3.06 bits per heavy atom. The highest BCUT2D eigenvalue weighted by Gasteiger charge is 2.22. The van der Waals surface area contributed by atoms with Gasteiger partial charge in [0.05, 0.1) is 24.9 Å². The Balaban J connectivity index is 2.23. The van der Waals surface area contributed by atoms with E-state index in [9.17, 15) is 0 Å². The van der Waals surface area contributed by atoms with Crippen molar-refractivity contribution in [2.45, 2.75) is 6.10 Å². The minimum Gasteiger partial charge on any atom is -0.363 e. The third-order valence-corrected chi connectivity index (χ3v) is 2.71. The molecule has 16 heavy (non-hydrogen) atoms. The van der Waals surface area contributed by atoms with Crippen molar-refractivity contribution in [1.29, 1.82) is 5.26 Å². The first-order valence-corrected chi connectivity index (χ1v) is 5.41. The van der Waals surface area contributed by atoms with E-state index in [-0.39, 0.29) is 10.3 Å². The number of halogens is 2. The van der Waals surface area contributed by atoms with Crippen molar-refractivity contribution in [1.82, 2.24) is 10.2 Å². The molecule has 7 heteroatoms. The van der Waals surface area contributed by atoms with E-state index in [0.717, 1.165) is 0 Å². The van der Waals surface area contributed by atoms with Gasteiger partial charge in [-0.25, -0.2) is 0 Å². The molecule has 0 bridgehead atoms. The zero-order chi connectivity index (χ0) is 11.5. The molecule has 1 aliphatic rings. The van der Waals surface area contributed by atoms with E-state index < -0.39 is 6.10 Å². The molecule has 1 aromatic heterocycles. The van der Waals surface area contributed by atoms with E-state index in [1.165, 1.54) is 0 Å².